The van der Waals surface area contributed by atoms with Crippen LogP contribution in [0.1, 0.15) is 12.5 Å². The van der Waals surface area contributed by atoms with Gasteiger partial charge in [-0.2, -0.15) is 5.10 Å². The average Bonchev–Trinajstić information content (AvgIpc) is 2.58. The number of halogens is 2. The summed E-state index contributed by atoms with van der Waals surface area (Å²) in [5, 5.41) is 8.26. The molecule has 0 fully saturated rings. The Morgan fingerprint density at radius 1 is 1.69 bits per heavy atom. The van der Waals surface area contributed by atoms with Gasteiger partial charge in [-0.3, -0.25) is 4.68 Å². The Morgan fingerprint density at radius 3 is 3.00 bits per heavy atom. The highest BCUT2D eigenvalue weighted by atomic mass is 127. The van der Waals surface area contributed by atoms with Gasteiger partial charge in [-0.15, -0.1) is 0 Å². The van der Waals surface area contributed by atoms with Gasteiger partial charge in [0.15, 0.2) is 17.4 Å². The third-order valence-electron chi connectivity index (χ3n) is 2.16. The number of nitrogens with zero attached hydrogens (tertiary/aromatic N) is 3. The van der Waals surface area contributed by atoms with Crippen LogP contribution in [0.15, 0.2) is 11.4 Å². The fourth-order valence-electron chi connectivity index (χ4n) is 1.28. The molecular weight excluding hydrogens is 344 g/mol. The molecule has 1 aliphatic rings. The highest BCUT2D eigenvalue weighted by molar-refractivity contribution is 14.1. The highest BCUT2D eigenvalue weighted by Crippen LogP contribution is 2.24. The quantitative estimate of drug-likeness (QED) is 0.602. The molecule has 0 bridgehead atoms. The normalized spacial score (nSPS) is 24.6. The van der Waals surface area contributed by atoms with E-state index in [9.17, 15) is 0 Å². The molecule has 0 aromatic carbocycles. The van der Waals surface area contributed by atoms with Crippen LogP contribution < -0.4 is 0 Å². The third kappa shape index (κ3) is 2.27. The van der Waals surface area contributed by atoms with Crippen LogP contribution in [0.4, 0.5) is 0 Å². The van der Waals surface area contributed by atoms with Crippen LogP contribution in [-0.2, 0) is 16.6 Å². The topological polar surface area (TPSA) is 48.6 Å². The molecule has 16 heavy (non-hydrogen) atoms. The summed E-state index contributed by atoms with van der Waals surface area (Å²) < 4.78 is 8.20. The molecule has 0 spiro atoms. The van der Waals surface area contributed by atoms with Crippen molar-refractivity contribution >= 4 is 40.1 Å². The lowest BCUT2D eigenvalue weighted by Crippen LogP contribution is -2.41. The van der Waals surface area contributed by atoms with Crippen molar-refractivity contribution in [1.29, 1.82) is 0 Å². The van der Waals surface area contributed by atoms with Gasteiger partial charge in [-0.05, 0) is 12.1 Å². The second-order valence-electron chi connectivity index (χ2n) is 3.86. The molecule has 2 rings (SSSR count). The second-order valence-corrected chi connectivity index (χ2v) is 4.98. The SMILES string of the molecule is Cn1cc(C2=NOCC(C)(CI)O2)c(Cl)n1. The number of oxime groups is 1. The van der Waals surface area contributed by atoms with Gasteiger partial charge in [0.25, 0.3) is 5.90 Å². The molecule has 1 aliphatic heterocycles. The van der Waals surface area contributed by atoms with Gasteiger partial charge in [0.1, 0.15) is 0 Å². The van der Waals surface area contributed by atoms with Crippen molar-refractivity contribution in [3.05, 3.63) is 16.9 Å². The number of aryl methyl sites for hydroxylation is 1. The van der Waals surface area contributed by atoms with E-state index in [-0.39, 0.29) is 5.60 Å². The molecule has 7 heteroatoms. The molecule has 1 aromatic rings. The van der Waals surface area contributed by atoms with E-state index < -0.39 is 0 Å². The molecular formula is C9H11ClIN3O2. The van der Waals surface area contributed by atoms with Gasteiger partial charge in [0.2, 0.25) is 0 Å². The number of rotatable bonds is 2. The van der Waals surface area contributed by atoms with Crippen molar-refractivity contribution in [3.63, 3.8) is 0 Å². The Hall–Kier alpha value is -0.500. The zero-order valence-corrected chi connectivity index (χ0v) is 11.8. The van der Waals surface area contributed by atoms with Crippen molar-refractivity contribution in [2.75, 3.05) is 11.0 Å². The van der Waals surface area contributed by atoms with E-state index in [4.69, 9.17) is 21.2 Å². The zero-order valence-electron chi connectivity index (χ0n) is 8.91. The Bertz CT molecular complexity index is 434. The number of ether oxygens (including phenoxy) is 1. The minimum Gasteiger partial charge on any atom is -0.464 e. The summed E-state index contributed by atoms with van der Waals surface area (Å²) >= 11 is 8.22. The van der Waals surface area contributed by atoms with Gasteiger partial charge in [0.05, 0.1) is 5.56 Å². The van der Waals surface area contributed by atoms with E-state index in [0.29, 0.717) is 23.2 Å². The molecule has 5 nitrogen and oxygen atoms in total. The summed E-state index contributed by atoms with van der Waals surface area (Å²) in [4.78, 5) is 5.17. The molecule has 1 unspecified atom stereocenters. The van der Waals surface area contributed by atoms with E-state index >= 15 is 0 Å². The number of aromatic nitrogens is 2. The summed E-state index contributed by atoms with van der Waals surface area (Å²) in [6, 6.07) is 0. The molecule has 88 valence electrons. The van der Waals surface area contributed by atoms with Crippen LogP contribution >= 0.6 is 34.2 Å². The van der Waals surface area contributed by atoms with E-state index in [1.807, 2.05) is 6.92 Å². The lowest BCUT2D eigenvalue weighted by molar-refractivity contribution is -0.0379. The predicted molar refractivity (Wildman–Crippen MR) is 69.1 cm³/mol. The second kappa shape index (κ2) is 4.40. The molecule has 0 aliphatic carbocycles. The monoisotopic (exact) mass is 355 g/mol. The van der Waals surface area contributed by atoms with E-state index in [2.05, 4.69) is 32.8 Å². The van der Waals surface area contributed by atoms with Gasteiger partial charge >= 0.3 is 0 Å². The summed E-state index contributed by atoms with van der Waals surface area (Å²) in [5.74, 6) is 0.392. The van der Waals surface area contributed by atoms with Crippen molar-refractivity contribution < 1.29 is 9.57 Å². The summed E-state index contributed by atoms with van der Waals surface area (Å²) in [7, 11) is 1.79. The Morgan fingerprint density at radius 2 is 2.44 bits per heavy atom. The standard InChI is InChI=1S/C9H11ClIN3O2/c1-9(4-11)5-15-13-8(16-9)6-3-14(2)12-7(6)10/h3H,4-5H2,1-2H3. The fraction of sp³-hybridized carbons (Fsp3) is 0.556. The first-order chi connectivity index (χ1) is 7.54. The summed E-state index contributed by atoms with van der Waals surface area (Å²) in [6.07, 6.45) is 1.75. The predicted octanol–water partition coefficient (Wildman–Crippen LogP) is 1.98. The maximum atomic E-state index is 5.96. The largest absolute Gasteiger partial charge is 0.464 e. The highest BCUT2D eigenvalue weighted by Gasteiger charge is 2.33. The maximum absolute atomic E-state index is 5.96. The fourth-order valence-corrected chi connectivity index (χ4v) is 1.91. The Labute approximate surface area is 112 Å². The van der Waals surface area contributed by atoms with Crippen molar-refractivity contribution in [2.24, 2.45) is 12.2 Å². The van der Waals surface area contributed by atoms with Crippen molar-refractivity contribution in [2.45, 2.75) is 12.5 Å². The van der Waals surface area contributed by atoms with Crippen LogP contribution in [0, 0.1) is 0 Å². The van der Waals surface area contributed by atoms with Gasteiger partial charge in [-0.1, -0.05) is 34.2 Å². The minimum absolute atomic E-state index is 0.363. The van der Waals surface area contributed by atoms with Crippen molar-refractivity contribution in [3.8, 4) is 0 Å². The van der Waals surface area contributed by atoms with Crippen molar-refractivity contribution in [1.82, 2.24) is 9.78 Å². The molecule has 1 atom stereocenters. The Balaban J connectivity index is 2.29. The first kappa shape index (κ1) is 12.0. The van der Waals surface area contributed by atoms with Gasteiger partial charge in [-0.25, -0.2) is 0 Å². The zero-order chi connectivity index (χ0) is 11.8. The lowest BCUT2D eigenvalue weighted by atomic mass is 10.1. The Kier molecular flexibility index (Phi) is 3.29. The van der Waals surface area contributed by atoms with Crippen LogP contribution in [-0.4, -0.2) is 32.3 Å². The smallest absolute Gasteiger partial charge is 0.263 e. The number of hydrogen-bond acceptors (Lipinski definition) is 4. The minimum atomic E-state index is -0.364. The summed E-state index contributed by atoms with van der Waals surface area (Å²) in [6.45, 7) is 2.41. The third-order valence-corrected chi connectivity index (χ3v) is 4.05. The van der Waals surface area contributed by atoms with Crippen LogP contribution in [0.3, 0.4) is 0 Å². The van der Waals surface area contributed by atoms with Crippen LogP contribution in [0.2, 0.25) is 5.15 Å². The molecule has 0 saturated heterocycles. The molecule has 0 radical (unpaired) electrons. The molecule has 0 saturated carbocycles. The molecule has 0 N–H and O–H groups in total. The molecule has 2 heterocycles. The van der Waals surface area contributed by atoms with E-state index in [1.54, 1.807) is 17.9 Å². The maximum Gasteiger partial charge on any atom is 0.263 e. The number of hydrogen-bond donors (Lipinski definition) is 0. The van der Waals surface area contributed by atoms with E-state index in [0.717, 1.165) is 4.43 Å². The van der Waals surface area contributed by atoms with Crippen LogP contribution in [0.5, 0.6) is 0 Å². The van der Waals surface area contributed by atoms with E-state index in [1.165, 1.54) is 0 Å². The van der Waals surface area contributed by atoms with Gasteiger partial charge < -0.3 is 9.57 Å². The molecule has 1 aromatic heterocycles. The van der Waals surface area contributed by atoms with Crippen LogP contribution in [0.25, 0.3) is 0 Å². The summed E-state index contributed by atoms with van der Waals surface area (Å²) in [5.41, 5.74) is 0.288. The number of alkyl halides is 1. The lowest BCUT2D eigenvalue weighted by Gasteiger charge is -2.30. The average molecular weight is 356 g/mol. The van der Waals surface area contributed by atoms with Gasteiger partial charge in [0, 0.05) is 17.7 Å². The first-order valence-electron chi connectivity index (χ1n) is 4.68. The first-order valence-corrected chi connectivity index (χ1v) is 6.59. The molecule has 0 amide bonds.